The molecule has 0 N–H and O–H groups in total. The second-order valence-electron chi connectivity index (χ2n) is 32.5. The van der Waals surface area contributed by atoms with Crippen molar-refractivity contribution in [3.05, 3.63) is 0 Å². The molecule has 21 aliphatic rings. The van der Waals surface area contributed by atoms with Crippen molar-refractivity contribution in [1.82, 2.24) is 0 Å². The molecule has 0 radical (unpaired) electrons. The van der Waals surface area contributed by atoms with Crippen LogP contribution >= 0.6 is 0 Å². The molecule has 35 unspecified atom stereocenters. The monoisotopic (exact) mass is 1140 g/mol. The zero-order chi connectivity index (χ0) is 57.7. The summed E-state index contributed by atoms with van der Waals surface area (Å²) in [5, 5.41) is 0. The molecule has 35 atom stereocenters. The van der Waals surface area contributed by atoms with Crippen LogP contribution in [0.15, 0.2) is 0 Å². The van der Waals surface area contributed by atoms with Gasteiger partial charge >= 0.3 is 41.8 Å². The standard InChI is InChI=1S/C11H16O2.3C10H14O2.2C9H12O2.C8H10O3/c1-5-7-4-6-8(11(7,2)3)9(5)13-10(6)12;1-5-8-6-3-10(5,2)4-7(6)9(11)12-8;1-5-6-3-7-8(4-6)12-9(11)10(5,7)2;1-5-6-3-7-8(4-6)10(5,2)12-9(7)11;1-4-5-2-6-7(3-5)11-9(10)8(4)6;1-4-5-2-6-7(3-5)9(10)11-8(4)6;1-3-5-2-4-7(10-5)6(3)11-8(4)9/h5-9H,4H2,1-3H3;3*5-8H,3-4H2,1-2H3;2*4-8H,2-3H2,1H3;3-7H,2H2,1H3. The third-order valence-electron chi connectivity index (χ3n) is 29.5. The highest BCUT2D eigenvalue weighted by Gasteiger charge is 2.71. The summed E-state index contributed by atoms with van der Waals surface area (Å²) in [4.78, 5) is 79.5. The molecule has 21 fully saturated rings. The fraction of sp³-hybridized carbons (Fsp3) is 0.896. The SMILES string of the molecule is CC1C2CC3C(=O)OC1(C)C3C2.CC1C2CC3C(=O)OC1C3C2.CC1C2CC3C(=O)OC1C3O2.CC1C2CC3OC(=O)C1(C)C3C2.CC1C2CC3OC(=O)C1C3C2.CC1C2OC(=O)C3CC1(C)CC32.CC1C2OC(=O)C3CC1C(C)(C)C32. The number of carbonyl (C=O) groups excluding carboxylic acids is 7. The summed E-state index contributed by atoms with van der Waals surface area (Å²) in [6.45, 7) is 26.6. The highest BCUT2D eigenvalue weighted by molar-refractivity contribution is 5.81. The van der Waals surface area contributed by atoms with Gasteiger partial charge in [-0.3, -0.25) is 33.6 Å². The lowest BCUT2D eigenvalue weighted by Crippen LogP contribution is -2.37. The van der Waals surface area contributed by atoms with Crippen LogP contribution in [0, 0.1) is 158 Å². The predicted octanol–water partition coefficient (Wildman–Crippen LogP) is 9.37. The summed E-state index contributed by atoms with van der Waals surface area (Å²) in [6.07, 6.45) is 15.6. The molecule has 0 aromatic rings. The number of ether oxygens (including phenoxy) is 8. The van der Waals surface area contributed by atoms with E-state index in [1.807, 2.05) is 0 Å². The fourth-order valence-electron chi connectivity index (χ4n) is 24.2. The van der Waals surface area contributed by atoms with Crippen molar-refractivity contribution in [3.63, 3.8) is 0 Å². The molecule has 9 heterocycles. The number of hydrogen-bond donors (Lipinski definition) is 0. The Morgan fingerprint density at radius 1 is 0.378 bits per heavy atom. The lowest BCUT2D eigenvalue weighted by molar-refractivity contribution is -0.151. The molecule has 0 aromatic heterocycles. The normalized spacial score (nSPS) is 59.2. The second-order valence-corrected chi connectivity index (χ2v) is 32.5. The Balaban J connectivity index is 0.0000000820. The van der Waals surface area contributed by atoms with Crippen LogP contribution in [-0.4, -0.2) is 96.2 Å². The van der Waals surface area contributed by atoms with Gasteiger partial charge in [-0.15, -0.1) is 0 Å². The third kappa shape index (κ3) is 7.30. The molecule has 82 heavy (non-hydrogen) atoms. The lowest BCUT2D eigenvalue weighted by Gasteiger charge is -2.32. The second kappa shape index (κ2) is 18.2. The van der Waals surface area contributed by atoms with E-state index in [0.717, 1.165) is 68.6 Å². The summed E-state index contributed by atoms with van der Waals surface area (Å²) >= 11 is 0. The summed E-state index contributed by atoms with van der Waals surface area (Å²) in [5.74, 6) is 13.0. The zero-order valence-electron chi connectivity index (χ0n) is 50.6. The van der Waals surface area contributed by atoms with Crippen molar-refractivity contribution in [3.8, 4) is 0 Å². The highest BCUT2D eigenvalue weighted by atomic mass is 16.6. The molecule has 9 aliphatic heterocycles. The minimum atomic E-state index is -0.117. The van der Waals surface area contributed by atoms with E-state index < -0.39 is 0 Å². The highest BCUT2D eigenvalue weighted by Crippen LogP contribution is 2.68. The minimum absolute atomic E-state index is 0.0353. The van der Waals surface area contributed by atoms with E-state index in [-0.39, 0.29) is 113 Å². The summed E-state index contributed by atoms with van der Waals surface area (Å²) in [7, 11) is 0. The van der Waals surface area contributed by atoms with Crippen LogP contribution in [0.3, 0.4) is 0 Å². The van der Waals surface area contributed by atoms with E-state index >= 15 is 0 Å². The predicted molar refractivity (Wildman–Crippen MR) is 291 cm³/mol. The Morgan fingerprint density at radius 3 is 1.60 bits per heavy atom. The van der Waals surface area contributed by atoms with Crippen molar-refractivity contribution in [2.75, 3.05) is 0 Å². The van der Waals surface area contributed by atoms with Crippen molar-refractivity contribution < 1.29 is 71.5 Å². The Bertz CT molecular complexity index is 2700. The summed E-state index contributed by atoms with van der Waals surface area (Å²) in [5.41, 5.74) is 0.533. The van der Waals surface area contributed by atoms with Crippen LogP contribution in [0.2, 0.25) is 0 Å². The molecule has 0 spiro atoms. The van der Waals surface area contributed by atoms with Gasteiger partial charge in [0.25, 0.3) is 0 Å². The van der Waals surface area contributed by atoms with Crippen molar-refractivity contribution in [2.45, 2.75) is 215 Å². The van der Waals surface area contributed by atoms with Gasteiger partial charge in [-0.1, -0.05) is 69.2 Å². The molecular weight excluding hydrogens is 1040 g/mol. The van der Waals surface area contributed by atoms with Gasteiger partial charge in [0.1, 0.15) is 48.3 Å². The number of fused-ring (bicyclic) bond motifs is 7. The lowest BCUT2D eigenvalue weighted by atomic mass is 9.69. The number of carbonyl (C=O) groups is 7. The van der Waals surface area contributed by atoms with E-state index in [1.54, 1.807) is 0 Å². The minimum Gasteiger partial charge on any atom is -0.462 e. The number of esters is 7. The Kier molecular flexibility index (Phi) is 12.2. The Hall–Kier alpha value is -3.75. The Labute approximate surface area is 484 Å². The first-order valence-corrected chi connectivity index (χ1v) is 32.8. The first-order valence-electron chi connectivity index (χ1n) is 32.8. The average molecular weight is 1140 g/mol. The van der Waals surface area contributed by atoms with Gasteiger partial charge in [-0.2, -0.15) is 0 Å². The molecule has 21 rings (SSSR count). The van der Waals surface area contributed by atoms with Gasteiger partial charge in [0.05, 0.1) is 47.0 Å². The summed E-state index contributed by atoms with van der Waals surface area (Å²) in [6, 6.07) is 0. The molecular formula is C67H92O15. The Morgan fingerprint density at radius 2 is 1.00 bits per heavy atom. The first kappa shape index (κ1) is 54.9. The van der Waals surface area contributed by atoms with Gasteiger partial charge in [-0.05, 0) is 167 Å². The largest absolute Gasteiger partial charge is 0.462 e. The first-order chi connectivity index (χ1) is 38.7. The van der Waals surface area contributed by atoms with Crippen LogP contribution in [0.4, 0.5) is 0 Å². The maximum atomic E-state index is 11.6. The maximum absolute atomic E-state index is 11.6. The van der Waals surface area contributed by atoms with Crippen molar-refractivity contribution >= 4 is 41.8 Å². The van der Waals surface area contributed by atoms with E-state index in [1.165, 1.54) is 32.1 Å². The molecule has 450 valence electrons. The van der Waals surface area contributed by atoms with E-state index in [9.17, 15) is 33.6 Å². The van der Waals surface area contributed by atoms with Crippen LogP contribution in [0.5, 0.6) is 0 Å². The quantitative estimate of drug-likeness (QED) is 0.164. The van der Waals surface area contributed by atoms with E-state index in [0.29, 0.717) is 118 Å². The molecule has 14 bridgehead atoms. The number of hydrogen-bond acceptors (Lipinski definition) is 15. The average Bonchev–Trinajstić information content (AvgIpc) is 2.67. The van der Waals surface area contributed by atoms with Gasteiger partial charge in [0, 0.05) is 41.4 Å². The van der Waals surface area contributed by atoms with E-state index in [2.05, 4.69) is 83.1 Å². The molecule has 12 saturated carbocycles. The zero-order valence-corrected chi connectivity index (χ0v) is 50.6. The van der Waals surface area contributed by atoms with Crippen LogP contribution in [0.25, 0.3) is 0 Å². The van der Waals surface area contributed by atoms with Crippen LogP contribution in [-0.2, 0) is 71.5 Å². The number of rotatable bonds is 0. The smallest absolute Gasteiger partial charge is 0.312 e. The van der Waals surface area contributed by atoms with Gasteiger partial charge in [-0.25, -0.2) is 0 Å². The molecule has 15 nitrogen and oxygen atoms in total. The van der Waals surface area contributed by atoms with Gasteiger partial charge < -0.3 is 37.9 Å². The van der Waals surface area contributed by atoms with Crippen LogP contribution < -0.4 is 0 Å². The van der Waals surface area contributed by atoms with Gasteiger partial charge in [0.2, 0.25) is 0 Å². The summed E-state index contributed by atoms with van der Waals surface area (Å²) < 4.78 is 43.1. The van der Waals surface area contributed by atoms with Crippen molar-refractivity contribution in [2.24, 2.45) is 158 Å². The topological polar surface area (TPSA) is 193 Å². The van der Waals surface area contributed by atoms with Gasteiger partial charge in [0.15, 0.2) is 0 Å². The fourth-order valence-corrected chi connectivity index (χ4v) is 24.2. The molecule has 0 amide bonds. The molecule has 15 heteroatoms. The van der Waals surface area contributed by atoms with Crippen LogP contribution in [0.1, 0.15) is 160 Å². The maximum Gasteiger partial charge on any atom is 0.312 e. The molecule has 9 saturated heterocycles. The van der Waals surface area contributed by atoms with Crippen molar-refractivity contribution in [1.29, 1.82) is 0 Å². The third-order valence-corrected chi connectivity index (χ3v) is 29.5. The molecule has 12 aliphatic carbocycles. The van der Waals surface area contributed by atoms with E-state index in [4.69, 9.17) is 37.9 Å². The molecule has 0 aromatic carbocycles.